The molecule has 0 unspecified atom stereocenters. The molecule has 1 saturated carbocycles. The van der Waals surface area contributed by atoms with Gasteiger partial charge < -0.3 is 19.3 Å². The SMILES string of the molecule is CCOc1cc(Cl)c(CN(C)C[C@@H]2CC(=O)N(C3CCCC3)C2)cc1OC. The van der Waals surface area contributed by atoms with Crippen LogP contribution in [0.1, 0.15) is 44.6 Å². The average molecular weight is 395 g/mol. The molecule has 1 saturated heterocycles. The molecule has 1 atom stereocenters. The van der Waals surface area contributed by atoms with Gasteiger partial charge in [-0.1, -0.05) is 24.4 Å². The van der Waals surface area contributed by atoms with Gasteiger partial charge >= 0.3 is 0 Å². The van der Waals surface area contributed by atoms with E-state index >= 15 is 0 Å². The molecular weight excluding hydrogens is 364 g/mol. The molecule has 0 aromatic heterocycles. The van der Waals surface area contributed by atoms with Crippen LogP contribution in [0.3, 0.4) is 0 Å². The van der Waals surface area contributed by atoms with Gasteiger partial charge in [0.05, 0.1) is 13.7 Å². The maximum absolute atomic E-state index is 12.4. The van der Waals surface area contributed by atoms with E-state index in [-0.39, 0.29) is 0 Å². The molecule has 27 heavy (non-hydrogen) atoms. The molecule has 1 heterocycles. The molecule has 2 fully saturated rings. The number of benzene rings is 1. The smallest absolute Gasteiger partial charge is 0.223 e. The van der Waals surface area contributed by atoms with Crippen molar-refractivity contribution in [2.75, 3.05) is 33.9 Å². The number of carbonyl (C=O) groups excluding carboxylic acids is 1. The number of halogens is 1. The number of hydrogen-bond donors (Lipinski definition) is 0. The predicted octanol–water partition coefficient (Wildman–Crippen LogP) is 3.97. The fourth-order valence-electron chi connectivity index (χ4n) is 4.42. The van der Waals surface area contributed by atoms with E-state index in [1.54, 1.807) is 7.11 Å². The van der Waals surface area contributed by atoms with Crippen molar-refractivity contribution < 1.29 is 14.3 Å². The van der Waals surface area contributed by atoms with E-state index in [1.807, 2.05) is 19.1 Å². The summed E-state index contributed by atoms with van der Waals surface area (Å²) in [7, 11) is 3.73. The van der Waals surface area contributed by atoms with Gasteiger partial charge in [0.15, 0.2) is 11.5 Å². The Morgan fingerprint density at radius 3 is 2.67 bits per heavy atom. The van der Waals surface area contributed by atoms with Gasteiger partial charge in [0.25, 0.3) is 0 Å². The van der Waals surface area contributed by atoms with E-state index in [9.17, 15) is 4.79 Å². The number of methoxy groups -OCH3 is 1. The number of likely N-dealkylation sites (tertiary alicyclic amines) is 1. The van der Waals surface area contributed by atoms with Crippen molar-refractivity contribution in [1.29, 1.82) is 0 Å². The molecule has 1 aliphatic carbocycles. The number of nitrogens with zero attached hydrogens (tertiary/aromatic N) is 2. The van der Waals surface area contributed by atoms with Crippen molar-refractivity contribution in [1.82, 2.24) is 9.80 Å². The summed E-state index contributed by atoms with van der Waals surface area (Å²) in [6, 6.07) is 4.26. The lowest BCUT2D eigenvalue weighted by atomic mass is 10.1. The van der Waals surface area contributed by atoms with Gasteiger partial charge in [-0.05, 0) is 44.4 Å². The van der Waals surface area contributed by atoms with E-state index in [2.05, 4.69) is 16.8 Å². The van der Waals surface area contributed by atoms with Gasteiger partial charge in [0, 0.05) is 43.2 Å². The number of hydrogen-bond acceptors (Lipinski definition) is 4. The van der Waals surface area contributed by atoms with Crippen LogP contribution in [0.15, 0.2) is 12.1 Å². The molecule has 1 aromatic rings. The molecule has 5 nitrogen and oxygen atoms in total. The Kier molecular flexibility index (Phi) is 6.88. The number of rotatable bonds is 8. The van der Waals surface area contributed by atoms with Crippen LogP contribution in [-0.2, 0) is 11.3 Å². The molecule has 0 N–H and O–H groups in total. The molecule has 0 radical (unpaired) electrons. The van der Waals surface area contributed by atoms with Crippen LogP contribution < -0.4 is 9.47 Å². The number of amides is 1. The quantitative estimate of drug-likeness (QED) is 0.669. The summed E-state index contributed by atoms with van der Waals surface area (Å²) in [5, 5.41) is 0.682. The molecule has 0 spiro atoms. The zero-order valence-electron chi connectivity index (χ0n) is 16.7. The van der Waals surface area contributed by atoms with E-state index < -0.39 is 0 Å². The van der Waals surface area contributed by atoms with Crippen LogP contribution >= 0.6 is 11.6 Å². The molecule has 1 aliphatic heterocycles. The predicted molar refractivity (Wildman–Crippen MR) is 108 cm³/mol. The third kappa shape index (κ3) is 4.88. The highest BCUT2D eigenvalue weighted by Crippen LogP contribution is 2.34. The minimum Gasteiger partial charge on any atom is -0.493 e. The van der Waals surface area contributed by atoms with Crippen molar-refractivity contribution in [3.05, 3.63) is 22.7 Å². The van der Waals surface area contributed by atoms with Crippen molar-refractivity contribution in [2.24, 2.45) is 5.92 Å². The molecule has 1 aromatic carbocycles. The Balaban J connectivity index is 1.59. The first kappa shape index (κ1) is 20.3. The fourth-order valence-corrected chi connectivity index (χ4v) is 4.64. The molecule has 0 bridgehead atoms. The molecule has 150 valence electrons. The lowest BCUT2D eigenvalue weighted by molar-refractivity contribution is -0.129. The standard InChI is InChI=1S/C21H31ClN2O3/c1-4-27-20-11-18(22)16(10-19(20)26-3)14-23(2)12-15-9-21(25)24(13-15)17-7-5-6-8-17/h10-11,15,17H,4-9,12-14H2,1-3H3/t15-/m0/s1. The molecule has 6 heteroatoms. The molecule has 3 rings (SSSR count). The first-order chi connectivity index (χ1) is 13.0. The second-order valence-corrected chi connectivity index (χ2v) is 8.19. The molecular formula is C21H31ClN2O3. The van der Waals surface area contributed by atoms with Crippen molar-refractivity contribution in [3.63, 3.8) is 0 Å². The van der Waals surface area contributed by atoms with E-state index in [4.69, 9.17) is 21.1 Å². The molecule has 1 amide bonds. The highest BCUT2D eigenvalue weighted by molar-refractivity contribution is 6.31. The highest BCUT2D eigenvalue weighted by atomic mass is 35.5. The summed E-state index contributed by atoms with van der Waals surface area (Å²) < 4.78 is 11.0. The van der Waals surface area contributed by atoms with E-state index in [1.165, 1.54) is 25.7 Å². The first-order valence-electron chi connectivity index (χ1n) is 9.99. The Hall–Kier alpha value is -1.46. The van der Waals surface area contributed by atoms with Gasteiger partial charge in [-0.2, -0.15) is 0 Å². The zero-order valence-corrected chi connectivity index (χ0v) is 17.4. The maximum atomic E-state index is 12.4. The maximum Gasteiger partial charge on any atom is 0.223 e. The zero-order chi connectivity index (χ0) is 19.4. The van der Waals surface area contributed by atoms with Crippen LogP contribution in [0.5, 0.6) is 11.5 Å². The van der Waals surface area contributed by atoms with Crippen molar-refractivity contribution in [2.45, 2.75) is 51.6 Å². The van der Waals surface area contributed by atoms with Crippen LogP contribution in [-0.4, -0.2) is 55.6 Å². The third-order valence-electron chi connectivity index (χ3n) is 5.65. The topological polar surface area (TPSA) is 42.0 Å². The summed E-state index contributed by atoms with van der Waals surface area (Å²) in [5.74, 6) is 2.10. The van der Waals surface area contributed by atoms with Crippen molar-refractivity contribution >= 4 is 17.5 Å². The second kappa shape index (κ2) is 9.16. The minimum atomic E-state index is 0.334. The minimum absolute atomic E-state index is 0.334. The Labute approximate surface area is 167 Å². The Morgan fingerprint density at radius 2 is 2.00 bits per heavy atom. The van der Waals surface area contributed by atoms with Gasteiger partial charge in [-0.25, -0.2) is 0 Å². The van der Waals surface area contributed by atoms with Crippen LogP contribution in [0.25, 0.3) is 0 Å². The third-order valence-corrected chi connectivity index (χ3v) is 6.00. The highest BCUT2D eigenvalue weighted by Gasteiger charge is 2.35. The summed E-state index contributed by atoms with van der Waals surface area (Å²) in [6.07, 6.45) is 5.54. The monoisotopic (exact) mass is 394 g/mol. The summed E-state index contributed by atoms with van der Waals surface area (Å²) in [4.78, 5) is 16.8. The van der Waals surface area contributed by atoms with E-state index in [0.29, 0.717) is 47.4 Å². The Morgan fingerprint density at radius 1 is 1.26 bits per heavy atom. The summed E-state index contributed by atoms with van der Waals surface area (Å²) in [5.41, 5.74) is 1.01. The second-order valence-electron chi connectivity index (χ2n) is 7.78. The van der Waals surface area contributed by atoms with Crippen LogP contribution in [0, 0.1) is 5.92 Å². The number of ether oxygens (including phenoxy) is 2. The fraction of sp³-hybridized carbons (Fsp3) is 0.667. The van der Waals surface area contributed by atoms with Crippen LogP contribution in [0.2, 0.25) is 5.02 Å². The first-order valence-corrected chi connectivity index (χ1v) is 10.4. The lowest BCUT2D eigenvalue weighted by Gasteiger charge is -2.25. The van der Waals surface area contributed by atoms with E-state index in [0.717, 1.165) is 25.2 Å². The van der Waals surface area contributed by atoms with Gasteiger partial charge in [-0.3, -0.25) is 4.79 Å². The average Bonchev–Trinajstić information content (AvgIpc) is 3.27. The Bertz CT molecular complexity index is 661. The largest absolute Gasteiger partial charge is 0.493 e. The molecule has 2 aliphatic rings. The lowest BCUT2D eigenvalue weighted by Crippen LogP contribution is -2.35. The summed E-state index contributed by atoms with van der Waals surface area (Å²) >= 11 is 6.46. The van der Waals surface area contributed by atoms with Gasteiger partial charge in [0.1, 0.15) is 0 Å². The summed E-state index contributed by atoms with van der Waals surface area (Å²) in [6.45, 7) is 5.01. The number of carbonyl (C=O) groups is 1. The van der Waals surface area contributed by atoms with Gasteiger partial charge in [0.2, 0.25) is 5.91 Å². The van der Waals surface area contributed by atoms with Gasteiger partial charge in [-0.15, -0.1) is 0 Å². The normalized spacial score (nSPS) is 20.7. The van der Waals surface area contributed by atoms with Crippen LogP contribution in [0.4, 0.5) is 0 Å². The van der Waals surface area contributed by atoms with Crippen molar-refractivity contribution in [3.8, 4) is 11.5 Å².